The lowest BCUT2D eigenvalue weighted by atomic mass is 9.97. The minimum atomic E-state index is -0.519. The molecular formula is C24H24N6O4. The minimum Gasteiger partial charge on any atom is -0.348 e. The molecule has 4 aromatic rings. The number of hydrogen-bond acceptors (Lipinski definition) is 6. The van der Waals surface area contributed by atoms with Crippen LogP contribution in [-0.2, 0) is 11.3 Å². The van der Waals surface area contributed by atoms with Gasteiger partial charge in [-0.2, -0.15) is 5.10 Å². The lowest BCUT2D eigenvalue weighted by Crippen LogP contribution is -2.35. The first-order chi connectivity index (χ1) is 16.3. The zero-order valence-electron chi connectivity index (χ0n) is 18.8. The number of benzene rings is 2. The molecule has 1 amide bonds. The predicted octanol–water partition coefficient (Wildman–Crippen LogP) is 3.39. The van der Waals surface area contributed by atoms with Crippen molar-refractivity contribution in [2.24, 2.45) is 5.92 Å². The van der Waals surface area contributed by atoms with Crippen LogP contribution >= 0.6 is 0 Å². The summed E-state index contributed by atoms with van der Waals surface area (Å²) in [5, 5.41) is 18.7. The quantitative estimate of drug-likeness (QED) is 0.317. The zero-order valence-corrected chi connectivity index (χ0v) is 18.8. The van der Waals surface area contributed by atoms with Crippen molar-refractivity contribution in [3.8, 4) is 5.69 Å². The Kier molecular flexibility index (Phi) is 6.48. The van der Waals surface area contributed by atoms with Gasteiger partial charge in [0, 0.05) is 6.07 Å². The lowest BCUT2D eigenvalue weighted by Gasteiger charge is -2.21. The van der Waals surface area contributed by atoms with E-state index in [1.165, 1.54) is 33.9 Å². The van der Waals surface area contributed by atoms with Gasteiger partial charge in [0.1, 0.15) is 23.9 Å². The summed E-state index contributed by atoms with van der Waals surface area (Å²) in [6.45, 7) is 3.96. The molecule has 4 rings (SSSR count). The van der Waals surface area contributed by atoms with E-state index in [9.17, 15) is 19.7 Å². The van der Waals surface area contributed by atoms with Gasteiger partial charge in [0.2, 0.25) is 5.91 Å². The Hall–Kier alpha value is -4.34. The molecule has 1 atom stereocenters. The van der Waals surface area contributed by atoms with E-state index in [0.717, 1.165) is 12.0 Å². The number of fused-ring (bicyclic) bond motifs is 1. The molecule has 174 valence electrons. The number of amides is 1. The minimum absolute atomic E-state index is 0.157. The van der Waals surface area contributed by atoms with Gasteiger partial charge in [0.15, 0.2) is 5.65 Å². The molecule has 0 aliphatic rings. The predicted molar refractivity (Wildman–Crippen MR) is 127 cm³/mol. The van der Waals surface area contributed by atoms with Crippen molar-refractivity contribution in [3.63, 3.8) is 0 Å². The van der Waals surface area contributed by atoms with Crippen LogP contribution in [0.4, 0.5) is 5.69 Å². The Morgan fingerprint density at radius 3 is 2.53 bits per heavy atom. The maximum Gasteiger partial charge on any atom is 0.294 e. The van der Waals surface area contributed by atoms with E-state index in [-0.39, 0.29) is 40.9 Å². The summed E-state index contributed by atoms with van der Waals surface area (Å²) in [5.41, 5.74) is 0.762. The van der Waals surface area contributed by atoms with Crippen LogP contribution < -0.4 is 10.9 Å². The first-order valence-electron chi connectivity index (χ1n) is 10.9. The Balaban J connectivity index is 1.60. The summed E-state index contributed by atoms with van der Waals surface area (Å²) in [6.07, 6.45) is 3.32. The number of hydrogen-bond donors (Lipinski definition) is 1. The highest BCUT2D eigenvalue weighted by Crippen LogP contribution is 2.24. The van der Waals surface area contributed by atoms with Gasteiger partial charge in [-0.3, -0.25) is 24.3 Å². The topological polar surface area (TPSA) is 125 Å². The van der Waals surface area contributed by atoms with Crippen LogP contribution in [0.5, 0.6) is 0 Å². The van der Waals surface area contributed by atoms with Crippen molar-refractivity contribution in [3.05, 3.63) is 93.2 Å². The SMILES string of the molecule is CC(C)CC(NC(=O)Cn1cnc2c(cnn2-c2ccccc2[N+](=O)[O-])c1=O)c1ccccc1. The molecule has 0 radical (unpaired) electrons. The van der Waals surface area contributed by atoms with Crippen molar-refractivity contribution in [2.75, 3.05) is 0 Å². The van der Waals surface area contributed by atoms with Crippen molar-refractivity contribution in [2.45, 2.75) is 32.9 Å². The monoisotopic (exact) mass is 460 g/mol. The van der Waals surface area contributed by atoms with E-state index < -0.39 is 10.5 Å². The third-order valence-corrected chi connectivity index (χ3v) is 5.42. The number of rotatable bonds is 8. The highest BCUT2D eigenvalue weighted by atomic mass is 16.6. The van der Waals surface area contributed by atoms with Crippen LogP contribution in [0.2, 0.25) is 0 Å². The van der Waals surface area contributed by atoms with Gasteiger partial charge in [-0.15, -0.1) is 0 Å². The van der Waals surface area contributed by atoms with Gasteiger partial charge in [0.05, 0.1) is 17.2 Å². The van der Waals surface area contributed by atoms with Gasteiger partial charge in [-0.05, 0) is 24.0 Å². The maximum absolute atomic E-state index is 13.0. The van der Waals surface area contributed by atoms with E-state index >= 15 is 0 Å². The molecule has 0 saturated carbocycles. The van der Waals surface area contributed by atoms with Crippen molar-refractivity contribution in [1.82, 2.24) is 24.6 Å². The largest absolute Gasteiger partial charge is 0.348 e. The summed E-state index contributed by atoms with van der Waals surface area (Å²) in [7, 11) is 0. The third kappa shape index (κ3) is 4.70. The highest BCUT2D eigenvalue weighted by Gasteiger charge is 2.20. The average Bonchev–Trinajstić information content (AvgIpc) is 3.25. The van der Waals surface area contributed by atoms with Crippen LogP contribution in [0.1, 0.15) is 31.9 Å². The average molecular weight is 460 g/mol. The fraction of sp³-hybridized carbons (Fsp3) is 0.250. The molecule has 0 bridgehead atoms. The molecule has 1 N–H and O–H groups in total. The molecule has 0 fully saturated rings. The summed E-state index contributed by atoms with van der Waals surface area (Å²) >= 11 is 0. The van der Waals surface area contributed by atoms with Crippen LogP contribution in [0.15, 0.2) is 71.9 Å². The number of nitro groups is 1. The molecule has 2 heterocycles. The fourth-order valence-corrected chi connectivity index (χ4v) is 3.86. The van der Waals surface area contributed by atoms with E-state index in [4.69, 9.17) is 0 Å². The summed E-state index contributed by atoms with van der Waals surface area (Å²) in [5.74, 6) is 0.0444. The molecule has 1 unspecified atom stereocenters. The molecule has 0 spiro atoms. The molecule has 10 heteroatoms. The van der Waals surface area contributed by atoms with Gasteiger partial charge in [-0.1, -0.05) is 56.3 Å². The Morgan fingerprint density at radius 2 is 1.82 bits per heavy atom. The first kappa shape index (κ1) is 22.8. The van der Waals surface area contributed by atoms with Crippen molar-refractivity contribution >= 4 is 22.6 Å². The van der Waals surface area contributed by atoms with Crippen LogP contribution in [0, 0.1) is 16.0 Å². The molecule has 34 heavy (non-hydrogen) atoms. The number of aromatic nitrogens is 4. The van der Waals surface area contributed by atoms with E-state index in [2.05, 4.69) is 29.2 Å². The van der Waals surface area contributed by atoms with Gasteiger partial charge >= 0.3 is 0 Å². The number of nitrogens with zero attached hydrogens (tertiary/aromatic N) is 5. The second-order valence-electron chi connectivity index (χ2n) is 8.38. The van der Waals surface area contributed by atoms with Gasteiger partial charge in [0.25, 0.3) is 11.2 Å². The lowest BCUT2D eigenvalue weighted by molar-refractivity contribution is -0.384. The second kappa shape index (κ2) is 9.65. The van der Waals surface area contributed by atoms with Crippen LogP contribution in [0.3, 0.4) is 0 Å². The number of nitrogens with one attached hydrogen (secondary N) is 1. The van der Waals surface area contributed by atoms with Crippen LogP contribution in [0.25, 0.3) is 16.7 Å². The number of nitro benzene ring substituents is 1. The Labute approximate surface area is 195 Å². The van der Waals surface area contributed by atoms with E-state index in [1.807, 2.05) is 30.3 Å². The highest BCUT2D eigenvalue weighted by molar-refractivity contribution is 5.78. The summed E-state index contributed by atoms with van der Waals surface area (Å²) in [4.78, 5) is 41.0. The number of carbonyl (C=O) groups is 1. The molecule has 0 aliphatic heterocycles. The fourth-order valence-electron chi connectivity index (χ4n) is 3.86. The second-order valence-corrected chi connectivity index (χ2v) is 8.38. The summed E-state index contributed by atoms with van der Waals surface area (Å²) < 4.78 is 2.47. The Bertz CT molecular complexity index is 1390. The summed E-state index contributed by atoms with van der Waals surface area (Å²) in [6, 6.07) is 15.6. The maximum atomic E-state index is 13.0. The smallest absolute Gasteiger partial charge is 0.294 e. The molecular weight excluding hydrogens is 436 g/mol. The van der Waals surface area contributed by atoms with Gasteiger partial charge in [-0.25, -0.2) is 9.67 Å². The van der Waals surface area contributed by atoms with Crippen molar-refractivity contribution < 1.29 is 9.72 Å². The van der Waals surface area contributed by atoms with E-state index in [1.54, 1.807) is 12.1 Å². The van der Waals surface area contributed by atoms with Gasteiger partial charge < -0.3 is 5.32 Å². The Morgan fingerprint density at radius 1 is 1.12 bits per heavy atom. The standard InChI is InChI=1S/C24H24N6O4/c1-16(2)12-19(17-8-4-3-5-9-17)27-22(31)14-28-15-25-23-18(24(28)32)13-26-29(23)20-10-6-7-11-21(20)30(33)34/h3-11,13,15-16,19H,12,14H2,1-2H3,(H,27,31). The molecule has 2 aromatic carbocycles. The number of para-hydroxylation sites is 2. The number of carbonyl (C=O) groups excluding carboxylic acids is 1. The molecule has 10 nitrogen and oxygen atoms in total. The van der Waals surface area contributed by atoms with Crippen molar-refractivity contribution in [1.29, 1.82) is 0 Å². The molecule has 0 aliphatic carbocycles. The van der Waals surface area contributed by atoms with Crippen LogP contribution in [-0.4, -0.2) is 30.2 Å². The third-order valence-electron chi connectivity index (χ3n) is 5.42. The first-order valence-corrected chi connectivity index (χ1v) is 10.9. The zero-order chi connectivity index (χ0) is 24.2. The molecule has 0 saturated heterocycles. The normalized spacial score (nSPS) is 12.1. The molecule has 2 aromatic heterocycles. The van der Waals surface area contributed by atoms with E-state index in [0.29, 0.717) is 5.92 Å².